The first kappa shape index (κ1) is 14.1. The minimum atomic E-state index is 0.315. The second kappa shape index (κ2) is 6.22. The molecule has 3 heteroatoms. The first-order chi connectivity index (χ1) is 9.10. The largest absolute Gasteiger partial charge is 0.497 e. The van der Waals surface area contributed by atoms with Crippen molar-refractivity contribution in [2.24, 2.45) is 0 Å². The first-order valence-corrected chi connectivity index (χ1v) is 7.35. The number of hydrogen-bond donors (Lipinski definition) is 1. The lowest BCUT2D eigenvalue weighted by Gasteiger charge is -2.15. The van der Waals surface area contributed by atoms with Crippen molar-refractivity contribution in [1.29, 1.82) is 0 Å². The third-order valence-electron chi connectivity index (χ3n) is 3.34. The summed E-state index contributed by atoms with van der Waals surface area (Å²) in [6.07, 6.45) is 0. The smallest absolute Gasteiger partial charge is 0.119 e. The number of thiophene rings is 1. The molecule has 0 radical (unpaired) electrons. The summed E-state index contributed by atoms with van der Waals surface area (Å²) in [6, 6.07) is 10.8. The quantitative estimate of drug-likeness (QED) is 0.882. The van der Waals surface area contributed by atoms with Crippen LogP contribution in [0.25, 0.3) is 0 Å². The van der Waals surface area contributed by atoms with Gasteiger partial charge in [-0.2, -0.15) is 0 Å². The number of methoxy groups -OCH3 is 1. The van der Waals surface area contributed by atoms with Crippen LogP contribution in [0, 0.1) is 13.8 Å². The third-order valence-corrected chi connectivity index (χ3v) is 4.34. The Morgan fingerprint density at radius 2 is 2.05 bits per heavy atom. The zero-order valence-corrected chi connectivity index (χ0v) is 12.8. The molecule has 102 valence electrons. The Morgan fingerprint density at radius 1 is 1.26 bits per heavy atom. The maximum Gasteiger partial charge on any atom is 0.119 e. The Bertz CT molecular complexity index is 547. The molecule has 1 atom stereocenters. The Hall–Kier alpha value is -1.32. The Labute approximate surface area is 119 Å². The SMILES string of the molecule is COc1cccc([C@@H](C)NCc2cc(C)sc2C)c1. The minimum absolute atomic E-state index is 0.315. The van der Waals surface area contributed by atoms with Crippen molar-refractivity contribution in [2.45, 2.75) is 33.4 Å². The summed E-state index contributed by atoms with van der Waals surface area (Å²) in [6.45, 7) is 7.44. The van der Waals surface area contributed by atoms with Crippen LogP contribution in [0.1, 0.15) is 33.8 Å². The van der Waals surface area contributed by atoms with Gasteiger partial charge in [-0.3, -0.25) is 0 Å². The average Bonchev–Trinajstić information content (AvgIpc) is 2.74. The third kappa shape index (κ3) is 3.58. The highest BCUT2D eigenvalue weighted by Gasteiger charge is 2.08. The van der Waals surface area contributed by atoms with Gasteiger partial charge in [-0.1, -0.05) is 12.1 Å². The summed E-state index contributed by atoms with van der Waals surface area (Å²) in [4.78, 5) is 2.78. The maximum absolute atomic E-state index is 5.26. The summed E-state index contributed by atoms with van der Waals surface area (Å²) < 4.78 is 5.26. The number of ether oxygens (including phenoxy) is 1. The molecule has 0 saturated carbocycles. The van der Waals surface area contributed by atoms with Gasteiger partial charge >= 0.3 is 0 Å². The lowest BCUT2D eigenvalue weighted by Crippen LogP contribution is -2.18. The topological polar surface area (TPSA) is 21.3 Å². The number of nitrogens with one attached hydrogen (secondary N) is 1. The van der Waals surface area contributed by atoms with Crippen LogP contribution in [0.2, 0.25) is 0 Å². The summed E-state index contributed by atoms with van der Waals surface area (Å²) in [5.41, 5.74) is 2.65. The number of aryl methyl sites for hydroxylation is 2. The van der Waals surface area contributed by atoms with Gasteiger partial charge in [-0.25, -0.2) is 0 Å². The zero-order chi connectivity index (χ0) is 13.8. The van der Waals surface area contributed by atoms with Gasteiger partial charge in [-0.15, -0.1) is 11.3 Å². The molecule has 2 rings (SSSR count). The predicted molar refractivity (Wildman–Crippen MR) is 82.0 cm³/mol. The fraction of sp³-hybridized carbons (Fsp3) is 0.375. The zero-order valence-electron chi connectivity index (χ0n) is 12.0. The molecule has 0 amide bonds. The van der Waals surface area contributed by atoms with Gasteiger partial charge in [0.25, 0.3) is 0 Å². The van der Waals surface area contributed by atoms with Gasteiger partial charge in [0.15, 0.2) is 0 Å². The van der Waals surface area contributed by atoms with Gasteiger partial charge in [-0.05, 0) is 50.1 Å². The molecule has 0 aliphatic rings. The molecule has 0 unspecified atom stereocenters. The van der Waals surface area contributed by atoms with E-state index < -0.39 is 0 Å². The molecular formula is C16H21NOS. The normalized spacial score (nSPS) is 12.4. The van der Waals surface area contributed by atoms with Crippen LogP contribution < -0.4 is 10.1 Å². The molecule has 1 heterocycles. The van der Waals surface area contributed by atoms with Crippen LogP contribution in [0.15, 0.2) is 30.3 Å². The van der Waals surface area contributed by atoms with Gasteiger partial charge < -0.3 is 10.1 Å². The average molecular weight is 275 g/mol. The Balaban J connectivity index is 2.00. The van der Waals surface area contributed by atoms with Crippen LogP contribution in [-0.4, -0.2) is 7.11 Å². The van der Waals surface area contributed by atoms with Crippen molar-refractivity contribution < 1.29 is 4.74 Å². The van der Waals surface area contributed by atoms with Crippen molar-refractivity contribution in [2.75, 3.05) is 7.11 Å². The Kier molecular flexibility index (Phi) is 4.61. The van der Waals surface area contributed by atoms with E-state index in [0.717, 1.165) is 12.3 Å². The van der Waals surface area contributed by atoms with Crippen molar-refractivity contribution in [3.8, 4) is 5.75 Å². The first-order valence-electron chi connectivity index (χ1n) is 6.53. The van der Waals surface area contributed by atoms with E-state index in [1.54, 1.807) is 7.11 Å². The highest BCUT2D eigenvalue weighted by molar-refractivity contribution is 7.12. The van der Waals surface area contributed by atoms with Gasteiger partial charge in [0.1, 0.15) is 5.75 Å². The highest BCUT2D eigenvalue weighted by atomic mass is 32.1. The van der Waals surface area contributed by atoms with Crippen LogP contribution >= 0.6 is 11.3 Å². The van der Waals surface area contributed by atoms with E-state index in [1.807, 2.05) is 23.5 Å². The monoisotopic (exact) mass is 275 g/mol. The molecule has 2 nitrogen and oxygen atoms in total. The second-order valence-electron chi connectivity index (χ2n) is 4.82. The van der Waals surface area contributed by atoms with Gasteiger partial charge in [0.2, 0.25) is 0 Å². The summed E-state index contributed by atoms with van der Waals surface area (Å²) in [5, 5.41) is 3.57. The van der Waals surface area contributed by atoms with E-state index in [9.17, 15) is 0 Å². The molecule has 2 aromatic rings. The fourth-order valence-electron chi connectivity index (χ4n) is 2.15. The highest BCUT2D eigenvalue weighted by Crippen LogP contribution is 2.22. The van der Waals surface area contributed by atoms with E-state index >= 15 is 0 Å². The fourth-order valence-corrected chi connectivity index (χ4v) is 3.10. The second-order valence-corrected chi connectivity index (χ2v) is 6.28. The molecule has 0 aliphatic carbocycles. The number of benzene rings is 1. The summed E-state index contributed by atoms with van der Waals surface area (Å²) in [5.74, 6) is 0.911. The molecule has 19 heavy (non-hydrogen) atoms. The molecule has 0 aliphatic heterocycles. The van der Waals surface area contributed by atoms with E-state index in [1.165, 1.54) is 20.9 Å². The van der Waals surface area contributed by atoms with E-state index in [4.69, 9.17) is 4.74 Å². The lowest BCUT2D eigenvalue weighted by atomic mass is 10.1. The number of hydrogen-bond acceptors (Lipinski definition) is 3. The molecule has 0 saturated heterocycles. The lowest BCUT2D eigenvalue weighted by molar-refractivity contribution is 0.413. The minimum Gasteiger partial charge on any atom is -0.497 e. The molecule has 0 fully saturated rings. The van der Waals surface area contributed by atoms with Gasteiger partial charge in [0, 0.05) is 22.3 Å². The van der Waals surface area contributed by atoms with Crippen LogP contribution in [0.3, 0.4) is 0 Å². The molecule has 0 spiro atoms. The summed E-state index contributed by atoms with van der Waals surface area (Å²) >= 11 is 1.86. The van der Waals surface area contributed by atoms with E-state index in [-0.39, 0.29) is 0 Å². The van der Waals surface area contributed by atoms with Gasteiger partial charge in [0.05, 0.1) is 7.11 Å². The van der Waals surface area contributed by atoms with Crippen LogP contribution in [0.5, 0.6) is 5.75 Å². The van der Waals surface area contributed by atoms with Crippen molar-refractivity contribution in [1.82, 2.24) is 5.32 Å². The summed E-state index contributed by atoms with van der Waals surface area (Å²) in [7, 11) is 1.70. The molecule has 1 aromatic carbocycles. The van der Waals surface area contributed by atoms with Crippen molar-refractivity contribution in [3.63, 3.8) is 0 Å². The number of rotatable bonds is 5. The van der Waals surface area contributed by atoms with Crippen LogP contribution in [0.4, 0.5) is 0 Å². The van der Waals surface area contributed by atoms with E-state index in [2.05, 4.69) is 44.3 Å². The van der Waals surface area contributed by atoms with Crippen molar-refractivity contribution >= 4 is 11.3 Å². The van der Waals surface area contributed by atoms with E-state index in [0.29, 0.717) is 6.04 Å². The molecular weight excluding hydrogens is 254 g/mol. The maximum atomic E-state index is 5.26. The molecule has 0 bridgehead atoms. The molecule has 1 N–H and O–H groups in total. The predicted octanol–water partition coefficient (Wildman–Crippen LogP) is 4.22. The van der Waals surface area contributed by atoms with Crippen LogP contribution in [-0.2, 0) is 6.54 Å². The Morgan fingerprint density at radius 3 is 2.68 bits per heavy atom. The molecule has 1 aromatic heterocycles. The standard InChI is InChI=1S/C16H21NOS/c1-11-8-15(13(3)19-11)10-17-12(2)14-6-5-7-16(9-14)18-4/h5-9,12,17H,10H2,1-4H3/t12-/m1/s1. The van der Waals surface area contributed by atoms with Crippen molar-refractivity contribution in [3.05, 3.63) is 51.2 Å².